The number of hydrogen-bond donors (Lipinski definition) is 1. The molecule has 2 aliphatic heterocycles. The Balaban J connectivity index is 1.57. The SMILES string of the molecule is O=C(CSC[C@@H]1CCCCO1)N1CCCc2cccc(O)c21. The first kappa shape index (κ1) is 15.7. The van der Waals surface area contributed by atoms with Crippen molar-refractivity contribution in [3.05, 3.63) is 23.8 Å². The number of nitrogens with zero attached hydrogens (tertiary/aromatic N) is 1. The summed E-state index contributed by atoms with van der Waals surface area (Å²) in [6.45, 7) is 1.55. The Morgan fingerprint density at radius 3 is 3.09 bits per heavy atom. The molecule has 2 heterocycles. The summed E-state index contributed by atoms with van der Waals surface area (Å²) in [5.74, 6) is 1.63. The monoisotopic (exact) mass is 321 g/mol. The number of rotatable bonds is 4. The summed E-state index contributed by atoms with van der Waals surface area (Å²) in [5, 5.41) is 10.1. The Bertz CT molecular complexity index is 529. The molecule has 0 aliphatic carbocycles. The molecule has 1 N–H and O–H groups in total. The molecule has 22 heavy (non-hydrogen) atoms. The zero-order valence-electron chi connectivity index (χ0n) is 12.8. The summed E-state index contributed by atoms with van der Waals surface area (Å²) in [6.07, 6.45) is 5.67. The first-order valence-corrected chi connectivity index (χ1v) is 9.22. The maximum Gasteiger partial charge on any atom is 0.237 e. The van der Waals surface area contributed by atoms with Crippen molar-refractivity contribution in [1.29, 1.82) is 0 Å². The third-order valence-electron chi connectivity index (χ3n) is 4.30. The van der Waals surface area contributed by atoms with E-state index in [0.29, 0.717) is 24.1 Å². The normalized spacial score (nSPS) is 21.5. The fourth-order valence-corrected chi connectivity index (χ4v) is 4.15. The fraction of sp³-hybridized carbons (Fsp3) is 0.588. The van der Waals surface area contributed by atoms with Crippen molar-refractivity contribution in [2.45, 2.75) is 38.2 Å². The molecule has 1 atom stereocenters. The number of ether oxygens (including phenoxy) is 1. The number of phenolic OH excluding ortho intramolecular Hbond substituents is 1. The van der Waals surface area contributed by atoms with E-state index in [2.05, 4.69) is 0 Å². The molecule has 4 nitrogen and oxygen atoms in total. The van der Waals surface area contributed by atoms with Crippen LogP contribution in [0.25, 0.3) is 0 Å². The van der Waals surface area contributed by atoms with Crippen LogP contribution in [0.2, 0.25) is 0 Å². The standard InChI is InChI=1S/C17H23NO3S/c19-15-8-3-5-13-6-4-9-18(17(13)15)16(20)12-22-11-14-7-1-2-10-21-14/h3,5,8,14,19H,1-2,4,6-7,9-12H2/t14-/m0/s1. The predicted molar refractivity (Wildman–Crippen MR) is 89.7 cm³/mol. The van der Waals surface area contributed by atoms with Crippen molar-refractivity contribution in [2.75, 3.05) is 29.6 Å². The molecule has 2 aliphatic rings. The second-order valence-corrected chi connectivity index (χ2v) is 6.97. The van der Waals surface area contributed by atoms with Gasteiger partial charge in [0.05, 0.1) is 17.5 Å². The molecule has 0 unspecified atom stereocenters. The molecule has 3 rings (SSSR count). The summed E-state index contributed by atoms with van der Waals surface area (Å²) in [6, 6.07) is 5.50. The van der Waals surface area contributed by atoms with Gasteiger partial charge in [0.2, 0.25) is 5.91 Å². The van der Waals surface area contributed by atoms with Crippen LogP contribution in [0, 0.1) is 0 Å². The zero-order chi connectivity index (χ0) is 15.4. The minimum absolute atomic E-state index is 0.0864. The molecular formula is C17H23NO3S. The molecule has 1 aromatic rings. The highest BCUT2D eigenvalue weighted by atomic mass is 32.2. The Morgan fingerprint density at radius 2 is 2.27 bits per heavy atom. The van der Waals surface area contributed by atoms with Gasteiger partial charge in [-0.3, -0.25) is 4.79 Å². The van der Waals surface area contributed by atoms with Crippen molar-refractivity contribution in [2.24, 2.45) is 0 Å². The summed E-state index contributed by atoms with van der Waals surface area (Å²) in [7, 11) is 0. The number of aryl methyl sites for hydroxylation is 1. The summed E-state index contributed by atoms with van der Waals surface area (Å²) < 4.78 is 5.69. The largest absolute Gasteiger partial charge is 0.506 e. The lowest BCUT2D eigenvalue weighted by molar-refractivity contribution is -0.116. The lowest BCUT2D eigenvalue weighted by Crippen LogP contribution is -2.37. The summed E-state index contributed by atoms with van der Waals surface area (Å²) in [4.78, 5) is 14.3. The fourth-order valence-electron chi connectivity index (χ4n) is 3.17. The van der Waals surface area contributed by atoms with E-state index in [4.69, 9.17) is 4.74 Å². The van der Waals surface area contributed by atoms with Crippen molar-refractivity contribution in [3.8, 4) is 5.75 Å². The molecule has 0 saturated carbocycles. The molecule has 0 bridgehead atoms. The van der Waals surface area contributed by atoms with Crippen molar-refractivity contribution in [1.82, 2.24) is 0 Å². The quantitative estimate of drug-likeness (QED) is 0.926. The van der Waals surface area contributed by atoms with Gasteiger partial charge in [-0.05, 0) is 43.7 Å². The van der Waals surface area contributed by atoms with Crippen LogP contribution in [-0.4, -0.2) is 41.8 Å². The van der Waals surface area contributed by atoms with E-state index >= 15 is 0 Å². The smallest absolute Gasteiger partial charge is 0.237 e. The third kappa shape index (κ3) is 3.58. The molecule has 1 aromatic carbocycles. The van der Waals surface area contributed by atoms with E-state index in [-0.39, 0.29) is 11.7 Å². The van der Waals surface area contributed by atoms with Gasteiger partial charge in [-0.25, -0.2) is 0 Å². The number of carbonyl (C=O) groups excluding carboxylic acids is 1. The van der Waals surface area contributed by atoms with Gasteiger partial charge >= 0.3 is 0 Å². The zero-order valence-corrected chi connectivity index (χ0v) is 13.6. The second kappa shape index (κ2) is 7.38. The molecule has 120 valence electrons. The Kier molecular flexibility index (Phi) is 5.26. The van der Waals surface area contributed by atoms with Gasteiger partial charge in [0, 0.05) is 18.9 Å². The van der Waals surface area contributed by atoms with E-state index in [0.717, 1.165) is 43.6 Å². The minimum Gasteiger partial charge on any atom is -0.506 e. The maximum absolute atomic E-state index is 12.5. The van der Waals surface area contributed by atoms with Crippen LogP contribution < -0.4 is 4.90 Å². The Hall–Kier alpha value is -1.20. The molecular weight excluding hydrogens is 298 g/mol. The lowest BCUT2D eigenvalue weighted by Gasteiger charge is -2.30. The molecule has 5 heteroatoms. The minimum atomic E-state index is 0.0864. The lowest BCUT2D eigenvalue weighted by atomic mass is 10.0. The van der Waals surface area contributed by atoms with Crippen molar-refractivity contribution in [3.63, 3.8) is 0 Å². The molecule has 0 aromatic heterocycles. The van der Waals surface area contributed by atoms with E-state index in [1.54, 1.807) is 22.7 Å². The van der Waals surface area contributed by atoms with Crippen LogP contribution in [0.15, 0.2) is 18.2 Å². The topological polar surface area (TPSA) is 49.8 Å². The number of thioether (sulfide) groups is 1. The number of hydrogen-bond acceptors (Lipinski definition) is 4. The van der Waals surface area contributed by atoms with Crippen molar-refractivity contribution < 1.29 is 14.6 Å². The summed E-state index contributed by atoms with van der Waals surface area (Å²) in [5.41, 5.74) is 1.79. The van der Waals surface area contributed by atoms with E-state index in [9.17, 15) is 9.90 Å². The van der Waals surface area contributed by atoms with Gasteiger partial charge in [-0.2, -0.15) is 0 Å². The van der Waals surface area contributed by atoms with Crippen LogP contribution in [0.5, 0.6) is 5.75 Å². The molecule has 1 fully saturated rings. The highest BCUT2D eigenvalue weighted by Crippen LogP contribution is 2.35. The molecule has 0 spiro atoms. The summed E-state index contributed by atoms with van der Waals surface area (Å²) >= 11 is 1.64. The number of amides is 1. The van der Waals surface area contributed by atoms with Gasteiger partial charge in [-0.15, -0.1) is 11.8 Å². The molecule has 1 amide bonds. The van der Waals surface area contributed by atoms with Gasteiger partial charge in [0.15, 0.2) is 0 Å². The first-order valence-electron chi connectivity index (χ1n) is 8.06. The van der Waals surface area contributed by atoms with Crippen LogP contribution in [0.1, 0.15) is 31.2 Å². The highest BCUT2D eigenvalue weighted by Gasteiger charge is 2.25. The molecule has 0 radical (unpaired) electrons. The van der Waals surface area contributed by atoms with Gasteiger partial charge in [0.1, 0.15) is 5.75 Å². The molecule has 1 saturated heterocycles. The maximum atomic E-state index is 12.5. The average molecular weight is 321 g/mol. The van der Waals surface area contributed by atoms with E-state index in [1.165, 1.54) is 6.42 Å². The number of benzene rings is 1. The van der Waals surface area contributed by atoms with Gasteiger partial charge in [-0.1, -0.05) is 12.1 Å². The predicted octanol–water partition coefficient (Wildman–Crippen LogP) is 2.97. The number of fused-ring (bicyclic) bond motifs is 1. The number of para-hydroxylation sites is 1. The second-order valence-electron chi connectivity index (χ2n) is 5.94. The van der Waals surface area contributed by atoms with Crippen LogP contribution >= 0.6 is 11.8 Å². The number of carbonyl (C=O) groups is 1. The van der Waals surface area contributed by atoms with Gasteiger partial charge in [0.25, 0.3) is 0 Å². The van der Waals surface area contributed by atoms with Crippen LogP contribution in [-0.2, 0) is 16.0 Å². The Morgan fingerprint density at radius 1 is 1.36 bits per heavy atom. The highest BCUT2D eigenvalue weighted by molar-refractivity contribution is 8.00. The number of anilines is 1. The Labute approximate surface area is 135 Å². The van der Waals surface area contributed by atoms with E-state index < -0.39 is 0 Å². The third-order valence-corrected chi connectivity index (χ3v) is 5.36. The van der Waals surface area contributed by atoms with Crippen LogP contribution in [0.3, 0.4) is 0 Å². The first-order chi connectivity index (χ1) is 10.8. The number of phenols is 1. The average Bonchev–Trinajstić information content (AvgIpc) is 2.55. The van der Waals surface area contributed by atoms with Crippen molar-refractivity contribution >= 4 is 23.4 Å². The van der Waals surface area contributed by atoms with Gasteiger partial charge < -0.3 is 14.7 Å². The number of aromatic hydroxyl groups is 1. The van der Waals surface area contributed by atoms with Crippen LogP contribution in [0.4, 0.5) is 5.69 Å². The van der Waals surface area contributed by atoms with E-state index in [1.807, 2.05) is 12.1 Å².